The third kappa shape index (κ3) is 1.39. The summed E-state index contributed by atoms with van der Waals surface area (Å²) in [6, 6.07) is 8.56. The van der Waals surface area contributed by atoms with E-state index in [9.17, 15) is 4.79 Å². The number of allylic oxidation sites excluding steroid dienone is 2. The number of carbonyl (C=O) groups excluding carboxylic acids is 1. The summed E-state index contributed by atoms with van der Waals surface area (Å²) in [4.78, 5) is 11.7. The highest BCUT2D eigenvalue weighted by Gasteiger charge is 2.28. The molecule has 0 radical (unpaired) electrons. The highest BCUT2D eigenvalue weighted by Crippen LogP contribution is 2.38. The van der Waals surface area contributed by atoms with Gasteiger partial charge in [-0.1, -0.05) is 23.7 Å². The molecule has 0 bridgehead atoms. The second-order valence-electron chi connectivity index (χ2n) is 3.34. The van der Waals surface area contributed by atoms with E-state index in [1.165, 1.54) is 0 Å². The Morgan fingerprint density at radius 2 is 2.00 bits per heavy atom. The van der Waals surface area contributed by atoms with Crippen molar-refractivity contribution in [1.29, 1.82) is 10.5 Å². The molecular formula is C12H5ClN2O. The minimum atomic E-state index is -0.101. The second-order valence-corrected chi connectivity index (χ2v) is 3.75. The van der Waals surface area contributed by atoms with Gasteiger partial charge in [0.25, 0.3) is 0 Å². The first-order valence-corrected chi connectivity index (χ1v) is 4.92. The molecule has 76 valence electrons. The van der Waals surface area contributed by atoms with Crippen LogP contribution in [-0.4, -0.2) is 5.78 Å². The van der Waals surface area contributed by atoms with Gasteiger partial charge in [-0.05, 0) is 11.6 Å². The molecule has 0 saturated carbocycles. The number of hydrogen-bond donors (Lipinski definition) is 0. The van der Waals surface area contributed by atoms with Crippen LogP contribution < -0.4 is 0 Å². The van der Waals surface area contributed by atoms with Gasteiger partial charge in [-0.25, -0.2) is 0 Å². The van der Waals surface area contributed by atoms with E-state index in [1.807, 2.05) is 0 Å². The summed E-state index contributed by atoms with van der Waals surface area (Å²) in [5.74, 6) is -0.101. The average Bonchev–Trinajstić information content (AvgIpc) is 2.60. The average molecular weight is 229 g/mol. The number of Topliss-reactive ketones (excluding diaryl/α,β-unsaturated/α-hetero) is 1. The maximum Gasteiger partial charge on any atom is 0.167 e. The first kappa shape index (κ1) is 10.4. The van der Waals surface area contributed by atoms with Crippen molar-refractivity contribution >= 4 is 23.0 Å². The van der Waals surface area contributed by atoms with E-state index in [1.54, 1.807) is 30.3 Å². The Labute approximate surface area is 97.2 Å². The normalized spacial score (nSPS) is 12.9. The van der Waals surface area contributed by atoms with Gasteiger partial charge in [0, 0.05) is 22.6 Å². The van der Waals surface area contributed by atoms with Crippen molar-refractivity contribution in [3.05, 3.63) is 39.9 Å². The quantitative estimate of drug-likeness (QED) is 0.642. The lowest BCUT2D eigenvalue weighted by Crippen LogP contribution is -1.89. The topological polar surface area (TPSA) is 64.7 Å². The number of fused-ring (bicyclic) bond motifs is 1. The van der Waals surface area contributed by atoms with E-state index in [0.29, 0.717) is 21.7 Å². The third-order valence-electron chi connectivity index (χ3n) is 2.48. The van der Waals surface area contributed by atoms with E-state index < -0.39 is 0 Å². The molecule has 0 fully saturated rings. The molecule has 0 atom stereocenters. The molecule has 4 heteroatoms. The first-order valence-electron chi connectivity index (χ1n) is 4.54. The van der Waals surface area contributed by atoms with E-state index in [-0.39, 0.29) is 17.8 Å². The van der Waals surface area contributed by atoms with Crippen LogP contribution in [0.4, 0.5) is 0 Å². The summed E-state index contributed by atoms with van der Waals surface area (Å²) in [6.45, 7) is 0. The molecule has 0 N–H and O–H groups in total. The molecule has 0 aliphatic heterocycles. The molecule has 0 heterocycles. The van der Waals surface area contributed by atoms with Crippen LogP contribution in [0.1, 0.15) is 22.3 Å². The van der Waals surface area contributed by atoms with Gasteiger partial charge in [0.05, 0.1) is 0 Å². The highest BCUT2D eigenvalue weighted by atomic mass is 35.5. The number of rotatable bonds is 0. The van der Waals surface area contributed by atoms with Gasteiger partial charge in [-0.15, -0.1) is 0 Å². The molecule has 0 aromatic heterocycles. The first-order chi connectivity index (χ1) is 7.69. The molecule has 0 amide bonds. The lowest BCUT2D eigenvalue weighted by atomic mass is 10.0. The fourth-order valence-electron chi connectivity index (χ4n) is 1.78. The maximum absolute atomic E-state index is 11.7. The number of ketones is 1. The molecular weight excluding hydrogens is 224 g/mol. The van der Waals surface area contributed by atoms with Gasteiger partial charge in [0.15, 0.2) is 5.78 Å². The van der Waals surface area contributed by atoms with Crippen LogP contribution in [0.25, 0.3) is 5.57 Å². The molecule has 1 aliphatic carbocycles. The summed E-state index contributed by atoms with van der Waals surface area (Å²) in [5, 5.41) is 18.0. The summed E-state index contributed by atoms with van der Waals surface area (Å²) < 4.78 is 0. The number of halogens is 1. The molecule has 3 nitrogen and oxygen atoms in total. The van der Waals surface area contributed by atoms with Crippen molar-refractivity contribution in [2.75, 3.05) is 0 Å². The van der Waals surface area contributed by atoms with Crippen molar-refractivity contribution in [3.8, 4) is 12.1 Å². The predicted octanol–water partition coefficient (Wildman–Crippen LogP) is 2.73. The molecule has 2 rings (SSSR count). The predicted molar refractivity (Wildman–Crippen MR) is 58.5 cm³/mol. The van der Waals surface area contributed by atoms with Gasteiger partial charge >= 0.3 is 0 Å². The summed E-state index contributed by atoms with van der Waals surface area (Å²) in [6.07, 6.45) is 0.0789. The van der Waals surface area contributed by atoms with Gasteiger partial charge in [-0.2, -0.15) is 10.5 Å². The maximum atomic E-state index is 11.7. The Hall–Kier alpha value is -2.10. The summed E-state index contributed by atoms with van der Waals surface area (Å²) >= 11 is 5.98. The molecule has 1 aliphatic rings. The minimum Gasteiger partial charge on any atom is -0.294 e. The molecule has 16 heavy (non-hydrogen) atoms. The van der Waals surface area contributed by atoms with Gasteiger partial charge in [-0.3, -0.25) is 4.79 Å². The van der Waals surface area contributed by atoms with Crippen molar-refractivity contribution in [1.82, 2.24) is 0 Å². The van der Waals surface area contributed by atoms with Crippen LogP contribution in [0.2, 0.25) is 5.02 Å². The number of hydrogen-bond acceptors (Lipinski definition) is 3. The Morgan fingerprint density at radius 3 is 2.62 bits per heavy atom. The second kappa shape index (κ2) is 3.81. The molecule has 0 saturated heterocycles. The Morgan fingerprint density at radius 1 is 1.31 bits per heavy atom. The lowest BCUT2D eigenvalue weighted by Gasteiger charge is -2.01. The highest BCUT2D eigenvalue weighted by molar-refractivity contribution is 6.34. The Bertz CT molecular complexity index is 586. The fourth-order valence-corrected chi connectivity index (χ4v) is 2.07. The van der Waals surface area contributed by atoms with Gasteiger partial charge < -0.3 is 0 Å². The molecule has 1 aromatic rings. The monoisotopic (exact) mass is 228 g/mol. The largest absolute Gasteiger partial charge is 0.294 e. The molecule has 0 unspecified atom stereocenters. The van der Waals surface area contributed by atoms with E-state index in [4.69, 9.17) is 22.1 Å². The van der Waals surface area contributed by atoms with Crippen molar-refractivity contribution in [3.63, 3.8) is 0 Å². The summed E-state index contributed by atoms with van der Waals surface area (Å²) in [5.41, 5.74) is 1.42. The Kier molecular flexibility index (Phi) is 2.48. The number of carbonyl (C=O) groups is 1. The zero-order valence-corrected chi connectivity index (χ0v) is 8.88. The fraction of sp³-hybridized carbons (Fsp3) is 0.0833. The van der Waals surface area contributed by atoms with Gasteiger partial charge in [0.1, 0.15) is 17.7 Å². The number of nitrogens with zero attached hydrogens (tertiary/aromatic N) is 2. The van der Waals surface area contributed by atoms with Crippen LogP contribution in [0.15, 0.2) is 23.8 Å². The van der Waals surface area contributed by atoms with Crippen LogP contribution in [-0.2, 0) is 0 Å². The number of benzene rings is 1. The minimum absolute atomic E-state index is 0.0415. The van der Waals surface area contributed by atoms with Crippen molar-refractivity contribution in [2.24, 2.45) is 0 Å². The standard InChI is InChI=1S/C12H5ClN2O/c13-10-3-1-2-8-11(16)4-9(12(8)10)7(5-14)6-15/h1-3H,4H2. The van der Waals surface area contributed by atoms with Crippen LogP contribution in [0.3, 0.4) is 0 Å². The zero-order chi connectivity index (χ0) is 11.7. The van der Waals surface area contributed by atoms with E-state index in [0.717, 1.165) is 0 Å². The summed E-state index contributed by atoms with van der Waals surface area (Å²) in [7, 11) is 0. The third-order valence-corrected chi connectivity index (χ3v) is 2.79. The van der Waals surface area contributed by atoms with Crippen molar-refractivity contribution < 1.29 is 4.79 Å². The van der Waals surface area contributed by atoms with Crippen LogP contribution in [0, 0.1) is 22.7 Å². The van der Waals surface area contributed by atoms with Crippen molar-refractivity contribution in [2.45, 2.75) is 6.42 Å². The SMILES string of the molecule is N#CC(C#N)=C1CC(=O)c2cccc(Cl)c21. The van der Waals surface area contributed by atoms with E-state index >= 15 is 0 Å². The molecule has 0 spiro atoms. The number of nitriles is 2. The molecule has 1 aromatic carbocycles. The smallest absolute Gasteiger partial charge is 0.167 e. The van der Waals surface area contributed by atoms with Crippen LogP contribution in [0.5, 0.6) is 0 Å². The lowest BCUT2D eigenvalue weighted by molar-refractivity contribution is 0.100. The Balaban J connectivity index is 2.79. The van der Waals surface area contributed by atoms with Crippen LogP contribution >= 0.6 is 11.6 Å². The van der Waals surface area contributed by atoms with E-state index in [2.05, 4.69) is 0 Å². The zero-order valence-electron chi connectivity index (χ0n) is 8.12. The van der Waals surface area contributed by atoms with Gasteiger partial charge in [0.2, 0.25) is 0 Å².